The summed E-state index contributed by atoms with van der Waals surface area (Å²) in [6, 6.07) is 22.7. The minimum atomic E-state index is -3.98. The van der Waals surface area contributed by atoms with Crippen molar-refractivity contribution in [2.75, 3.05) is 35.9 Å². The third kappa shape index (κ3) is 5.99. The fourth-order valence-electron chi connectivity index (χ4n) is 4.43. The highest BCUT2D eigenvalue weighted by atomic mass is 32.2. The van der Waals surface area contributed by atoms with E-state index in [9.17, 15) is 13.2 Å². The summed E-state index contributed by atoms with van der Waals surface area (Å²) in [5.74, 6) is 0.105. The molecule has 0 radical (unpaired) electrons. The van der Waals surface area contributed by atoms with E-state index in [-0.39, 0.29) is 17.5 Å². The van der Waals surface area contributed by atoms with Crippen molar-refractivity contribution in [1.82, 2.24) is 5.32 Å². The molecule has 1 amide bonds. The van der Waals surface area contributed by atoms with Crippen LogP contribution >= 0.6 is 0 Å². The predicted octanol–water partition coefficient (Wildman–Crippen LogP) is 4.76. The summed E-state index contributed by atoms with van der Waals surface area (Å²) < 4.78 is 33.4. The predicted molar refractivity (Wildman–Crippen MR) is 143 cm³/mol. The number of anilines is 2. The molecule has 0 spiro atoms. The van der Waals surface area contributed by atoms with Crippen LogP contribution in [0.15, 0.2) is 83.8 Å². The first-order valence-electron chi connectivity index (χ1n) is 12.2. The largest absolute Gasteiger partial charge is 0.497 e. The number of amides is 1. The maximum absolute atomic E-state index is 13.5. The second-order valence-electron chi connectivity index (χ2n) is 8.95. The monoisotopic (exact) mass is 507 g/mol. The van der Waals surface area contributed by atoms with Gasteiger partial charge in [0, 0.05) is 24.8 Å². The molecule has 36 heavy (non-hydrogen) atoms. The van der Waals surface area contributed by atoms with Crippen molar-refractivity contribution in [3.8, 4) is 5.75 Å². The van der Waals surface area contributed by atoms with Crippen LogP contribution in [0.1, 0.15) is 37.8 Å². The number of nitrogens with one attached hydrogen (secondary N) is 1. The number of carbonyl (C=O) groups is 1. The first kappa shape index (κ1) is 25.6. The van der Waals surface area contributed by atoms with Gasteiger partial charge in [-0.1, -0.05) is 36.4 Å². The Kier molecular flexibility index (Phi) is 8.15. The normalized spacial score (nSPS) is 14.7. The quantitative estimate of drug-likeness (QED) is 0.452. The maximum Gasteiger partial charge on any atom is 0.264 e. The Morgan fingerprint density at radius 1 is 0.972 bits per heavy atom. The lowest BCUT2D eigenvalue weighted by Crippen LogP contribution is -2.41. The number of sulfonamides is 1. The number of ether oxygens (including phenoxy) is 1. The molecular formula is C28H33N3O4S. The number of benzene rings is 3. The van der Waals surface area contributed by atoms with Gasteiger partial charge in [0.1, 0.15) is 12.3 Å². The van der Waals surface area contributed by atoms with Gasteiger partial charge in [-0.3, -0.25) is 9.10 Å². The Morgan fingerprint density at radius 2 is 1.67 bits per heavy atom. The van der Waals surface area contributed by atoms with Crippen molar-refractivity contribution >= 4 is 27.3 Å². The number of hydrogen-bond acceptors (Lipinski definition) is 5. The Hall–Kier alpha value is -3.52. The second kappa shape index (κ2) is 11.5. The van der Waals surface area contributed by atoms with E-state index < -0.39 is 15.9 Å². The molecule has 8 heteroatoms. The lowest BCUT2D eigenvalue weighted by molar-refractivity contribution is -0.120. The number of carbonyl (C=O) groups excluding carboxylic acids is 1. The smallest absolute Gasteiger partial charge is 0.264 e. The molecule has 0 aliphatic carbocycles. The van der Waals surface area contributed by atoms with E-state index in [1.54, 1.807) is 42.5 Å². The Bertz CT molecular complexity index is 1260. The zero-order valence-corrected chi connectivity index (χ0v) is 21.6. The van der Waals surface area contributed by atoms with E-state index in [4.69, 9.17) is 4.74 Å². The maximum atomic E-state index is 13.5. The molecule has 1 aliphatic rings. The summed E-state index contributed by atoms with van der Waals surface area (Å²) in [4.78, 5) is 15.6. The van der Waals surface area contributed by atoms with E-state index in [1.807, 2.05) is 19.1 Å². The third-order valence-corrected chi connectivity index (χ3v) is 8.24. The third-order valence-electron chi connectivity index (χ3n) is 6.45. The van der Waals surface area contributed by atoms with E-state index in [0.717, 1.165) is 23.0 Å². The van der Waals surface area contributed by atoms with Crippen molar-refractivity contribution in [3.05, 3.63) is 84.4 Å². The van der Waals surface area contributed by atoms with E-state index >= 15 is 0 Å². The van der Waals surface area contributed by atoms with Crippen LogP contribution in [0.4, 0.5) is 11.4 Å². The first-order chi connectivity index (χ1) is 17.4. The molecule has 1 aliphatic heterocycles. The summed E-state index contributed by atoms with van der Waals surface area (Å²) >= 11 is 0. The average molecular weight is 508 g/mol. The molecule has 4 rings (SSSR count). The SMILES string of the molecule is COc1cccc(N(CC(=O)NC(C)c2ccc(N3CCCCC3)cc2)S(=O)(=O)c2ccccc2)c1. The second-order valence-corrected chi connectivity index (χ2v) is 10.8. The van der Waals surface area contributed by atoms with Crippen LogP contribution in [0.25, 0.3) is 0 Å². The van der Waals surface area contributed by atoms with Crippen LogP contribution in [0, 0.1) is 0 Å². The van der Waals surface area contributed by atoms with Gasteiger partial charge in [0.15, 0.2) is 0 Å². The molecule has 0 bridgehead atoms. The minimum Gasteiger partial charge on any atom is -0.497 e. The van der Waals surface area contributed by atoms with Gasteiger partial charge in [0.05, 0.1) is 23.7 Å². The molecule has 190 valence electrons. The highest BCUT2D eigenvalue weighted by Gasteiger charge is 2.28. The highest BCUT2D eigenvalue weighted by Crippen LogP contribution is 2.27. The summed E-state index contributed by atoms with van der Waals surface area (Å²) in [6.07, 6.45) is 3.71. The fourth-order valence-corrected chi connectivity index (χ4v) is 5.86. The highest BCUT2D eigenvalue weighted by molar-refractivity contribution is 7.92. The van der Waals surface area contributed by atoms with Crippen LogP contribution in [0.2, 0.25) is 0 Å². The number of hydrogen-bond donors (Lipinski definition) is 1. The Balaban J connectivity index is 1.51. The lowest BCUT2D eigenvalue weighted by atomic mass is 10.1. The first-order valence-corrected chi connectivity index (χ1v) is 13.7. The van der Waals surface area contributed by atoms with Crippen molar-refractivity contribution in [2.45, 2.75) is 37.1 Å². The van der Waals surface area contributed by atoms with E-state index in [0.29, 0.717) is 11.4 Å². The number of rotatable bonds is 9. The average Bonchev–Trinajstić information content (AvgIpc) is 2.92. The fraction of sp³-hybridized carbons (Fsp3) is 0.321. The van der Waals surface area contributed by atoms with Gasteiger partial charge < -0.3 is 15.0 Å². The molecule has 1 N–H and O–H groups in total. The number of nitrogens with zero attached hydrogens (tertiary/aromatic N) is 2. The summed E-state index contributed by atoms with van der Waals surface area (Å²) in [6.45, 7) is 3.68. The van der Waals surface area contributed by atoms with Gasteiger partial charge in [0.25, 0.3) is 10.0 Å². The van der Waals surface area contributed by atoms with Gasteiger partial charge in [0.2, 0.25) is 5.91 Å². The molecule has 0 saturated carbocycles. The Labute approximate surface area is 213 Å². The molecule has 3 aromatic rings. The molecule has 1 fully saturated rings. The van der Waals surface area contributed by atoms with Gasteiger partial charge in [-0.05, 0) is 68.1 Å². The van der Waals surface area contributed by atoms with Gasteiger partial charge in [-0.25, -0.2) is 8.42 Å². The topological polar surface area (TPSA) is 79.0 Å². The molecule has 7 nitrogen and oxygen atoms in total. The van der Waals surface area contributed by atoms with Gasteiger partial charge in [-0.15, -0.1) is 0 Å². The lowest BCUT2D eigenvalue weighted by Gasteiger charge is -2.29. The van der Waals surface area contributed by atoms with Crippen molar-refractivity contribution < 1.29 is 17.9 Å². The van der Waals surface area contributed by atoms with Crippen molar-refractivity contribution in [1.29, 1.82) is 0 Å². The van der Waals surface area contributed by atoms with Gasteiger partial charge in [-0.2, -0.15) is 0 Å². The number of piperidine rings is 1. The molecule has 1 unspecified atom stereocenters. The van der Waals surface area contributed by atoms with Crippen LogP contribution in [0.5, 0.6) is 5.75 Å². The standard InChI is InChI=1S/C28H33N3O4S/c1-22(23-14-16-24(17-15-23)30-18-7-4-8-19-30)29-28(32)21-31(25-10-9-11-26(20-25)35-2)36(33,34)27-12-5-3-6-13-27/h3,5-6,9-17,20,22H,4,7-8,18-19,21H2,1-2H3,(H,29,32). The summed E-state index contributed by atoms with van der Waals surface area (Å²) in [7, 11) is -2.47. The van der Waals surface area contributed by atoms with Crippen LogP contribution in [0.3, 0.4) is 0 Å². The molecule has 0 aromatic heterocycles. The van der Waals surface area contributed by atoms with Crippen molar-refractivity contribution in [3.63, 3.8) is 0 Å². The zero-order valence-electron chi connectivity index (χ0n) is 20.8. The van der Waals surface area contributed by atoms with Crippen LogP contribution < -0.4 is 19.3 Å². The number of methoxy groups -OCH3 is 1. The van der Waals surface area contributed by atoms with Crippen LogP contribution in [-0.4, -0.2) is 41.1 Å². The van der Waals surface area contributed by atoms with Gasteiger partial charge >= 0.3 is 0 Å². The van der Waals surface area contributed by atoms with Crippen LogP contribution in [-0.2, 0) is 14.8 Å². The summed E-state index contributed by atoms with van der Waals surface area (Å²) in [5.41, 5.74) is 2.50. The molecule has 1 heterocycles. The van der Waals surface area contributed by atoms with E-state index in [1.165, 1.54) is 44.2 Å². The zero-order chi connectivity index (χ0) is 25.5. The Morgan fingerprint density at radius 3 is 2.33 bits per heavy atom. The van der Waals surface area contributed by atoms with Crippen molar-refractivity contribution in [2.24, 2.45) is 0 Å². The molecule has 1 saturated heterocycles. The molecular weight excluding hydrogens is 474 g/mol. The van der Waals surface area contributed by atoms with E-state index in [2.05, 4.69) is 22.3 Å². The summed E-state index contributed by atoms with van der Waals surface area (Å²) in [5, 5.41) is 2.96. The molecule has 3 aromatic carbocycles. The molecule has 1 atom stereocenters. The minimum absolute atomic E-state index is 0.113.